The number of aryl methyl sites for hydroxylation is 9. The number of hydrogen-bond acceptors (Lipinski definition) is 4. The van der Waals surface area contributed by atoms with E-state index in [-0.39, 0.29) is 6.17 Å². The summed E-state index contributed by atoms with van der Waals surface area (Å²) in [5.41, 5.74) is 22.8. The van der Waals surface area contributed by atoms with Gasteiger partial charge < -0.3 is 5.32 Å². The van der Waals surface area contributed by atoms with E-state index in [4.69, 9.17) is 9.98 Å². The molecule has 0 radical (unpaired) electrons. The quantitative estimate of drug-likeness (QED) is 0.165. The highest BCUT2D eigenvalue weighted by Crippen LogP contribution is 2.58. The third kappa shape index (κ3) is 2.87. The van der Waals surface area contributed by atoms with Crippen LogP contribution in [0.15, 0.2) is 34.3 Å². The molecule has 260 valence electrons. The molecule has 4 aromatic carbocycles. The van der Waals surface area contributed by atoms with Crippen LogP contribution in [0, 0.1) is 83.1 Å². The number of benzene rings is 4. The number of rotatable bonds is 0. The summed E-state index contributed by atoms with van der Waals surface area (Å²) in [5.74, 6) is 6.44. The van der Waals surface area contributed by atoms with E-state index in [1.54, 1.807) is 0 Å². The molecule has 0 amide bonds. The Bertz CT molecular complexity index is 3010. The summed E-state index contributed by atoms with van der Waals surface area (Å²) in [6.07, 6.45) is -0.163. The molecule has 53 heavy (non-hydrogen) atoms. The highest BCUT2D eigenvalue weighted by molar-refractivity contribution is 6.28. The van der Waals surface area contributed by atoms with Crippen molar-refractivity contribution in [2.45, 2.75) is 95.2 Å². The normalized spacial score (nSPS) is 21.4. The van der Waals surface area contributed by atoms with Crippen LogP contribution >= 0.6 is 0 Å². The maximum Gasteiger partial charge on any atom is 0.464 e. The smallest absolute Gasteiger partial charge is 0.328 e. The highest BCUT2D eigenvalue weighted by Gasteiger charge is 2.76. The molecular weight excluding hydrogens is 653 g/mol. The Morgan fingerprint density at radius 2 is 1.09 bits per heavy atom. The fourth-order valence-electron chi connectivity index (χ4n) is 11.3. The molecule has 1 spiro atoms. The van der Waals surface area contributed by atoms with E-state index in [1.807, 2.05) is 0 Å². The van der Waals surface area contributed by atoms with Gasteiger partial charge in [-0.3, -0.25) is 0 Å². The van der Waals surface area contributed by atoms with E-state index >= 15 is 0 Å². The highest BCUT2D eigenvalue weighted by atomic mass is 15.7. The van der Waals surface area contributed by atoms with Crippen LogP contribution in [0.25, 0.3) is 10.8 Å². The second-order valence-corrected chi connectivity index (χ2v) is 16.8. The van der Waals surface area contributed by atoms with E-state index in [0.717, 1.165) is 40.8 Å². The van der Waals surface area contributed by atoms with Crippen molar-refractivity contribution in [1.29, 1.82) is 0 Å². The molecule has 0 aliphatic carbocycles. The summed E-state index contributed by atoms with van der Waals surface area (Å²) in [6, 6.07) is 9.43. The van der Waals surface area contributed by atoms with Crippen molar-refractivity contribution in [1.82, 2.24) is 9.88 Å². The molecule has 2 N–H and O–H groups in total. The molecule has 8 heteroatoms. The van der Waals surface area contributed by atoms with Gasteiger partial charge in [0.2, 0.25) is 23.7 Å². The molecule has 0 bridgehead atoms. The zero-order valence-electron chi connectivity index (χ0n) is 32.6. The molecule has 8 heterocycles. The maximum atomic E-state index is 5.85. The van der Waals surface area contributed by atoms with Crippen LogP contribution < -0.4 is 10.6 Å². The lowest BCUT2D eigenvalue weighted by atomic mass is 9.92. The number of hydrogen-bond donors (Lipinski definition) is 2. The molecular formula is C45H43N8+3. The van der Waals surface area contributed by atoms with Crippen LogP contribution in [0.4, 0.5) is 11.6 Å². The fourth-order valence-corrected chi connectivity index (χ4v) is 11.3. The van der Waals surface area contributed by atoms with Crippen LogP contribution in [-0.2, 0) is 5.91 Å². The minimum absolute atomic E-state index is 0.163. The summed E-state index contributed by atoms with van der Waals surface area (Å²) in [7, 11) is 0. The van der Waals surface area contributed by atoms with Gasteiger partial charge in [-0.25, -0.2) is 5.32 Å². The van der Waals surface area contributed by atoms with Crippen LogP contribution in [-0.4, -0.2) is 47.5 Å². The topological polar surface area (TPSA) is 62.7 Å². The van der Waals surface area contributed by atoms with Crippen molar-refractivity contribution < 1.29 is 13.7 Å². The molecule has 0 saturated heterocycles. The third-order valence-corrected chi connectivity index (χ3v) is 14.1. The summed E-state index contributed by atoms with van der Waals surface area (Å²) in [4.78, 5) is 11.7. The van der Waals surface area contributed by atoms with Gasteiger partial charge >= 0.3 is 17.6 Å². The van der Waals surface area contributed by atoms with Gasteiger partial charge in [-0.2, -0.15) is 4.57 Å². The molecule has 5 aromatic rings. The van der Waals surface area contributed by atoms with Crippen molar-refractivity contribution in [3.63, 3.8) is 0 Å². The van der Waals surface area contributed by atoms with E-state index in [0.29, 0.717) is 0 Å². The number of nitrogens with zero attached hydrogens (tertiary/aromatic N) is 6. The minimum Gasteiger partial charge on any atom is -0.328 e. The number of amidine groups is 5. The first-order valence-corrected chi connectivity index (χ1v) is 19.0. The predicted octanol–water partition coefficient (Wildman–Crippen LogP) is 7.51. The standard InChI is InChI=1S/C45H41N8/c1-17-13-21(5)29-33(25(17)9)41-46-38-30-22(6)14-18(2)26(10)34(30)43-48-40-32-24(8)16-20(4)28(12)36(32)44-49-39-31-23(7)15-19(3)27(11)35(31)42-47-37(29)50(41)45(51(38)43,52(39)42)53(40)44/h13-16,37H,1-12H3/q+1/p+2. The molecule has 8 nitrogen and oxygen atoms in total. The van der Waals surface area contributed by atoms with Crippen LogP contribution in [0.5, 0.6) is 0 Å². The average Bonchev–Trinajstić information content (AvgIpc) is 3.83. The minimum atomic E-state index is -0.908. The molecule has 7 aliphatic rings. The SMILES string of the molecule is Cc1cc(C)c2c(c1C)C1=Nc3c4c(C)cc(C)c(C)c4c4n3C35[N+]1=C2NC1=[N+]3C(=NC2=[N+]5C(N4)c3c(C)cc(C)c(C)c32)c2c(C)cc(C)c(C)c21. The van der Waals surface area contributed by atoms with Gasteiger partial charge in [0.15, 0.2) is 0 Å². The van der Waals surface area contributed by atoms with E-state index in [9.17, 15) is 0 Å². The predicted molar refractivity (Wildman–Crippen MR) is 211 cm³/mol. The van der Waals surface area contributed by atoms with E-state index in [2.05, 4.69) is 136 Å². The lowest BCUT2D eigenvalue weighted by Crippen LogP contribution is -2.73. The van der Waals surface area contributed by atoms with Crippen molar-refractivity contribution in [2.24, 2.45) is 9.98 Å². The number of fused-ring (bicyclic) bond motifs is 12. The maximum absolute atomic E-state index is 5.85. The van der Waals surface area contributed by atoms with Gasteiger partial charge in [-0.05, 0) is 155 Å². The number of aromatic nitrogens is 1. The van der Waals surface area contributed by atoms with Gasteiger partial charge in [0.1, 0.15) is 5.82 Å². The van der Waals surface area contributed by atoms with Crippen molar-refractivity contribution in [2.75, 3.05) is 5.32 Å². The molecule has 1 aromatic heterocycles. The second kappa shape index (κ2) is 8.76. The van der Waals surface area contributed by atoms with Crippen molar-refractivity contribution in [3.8, 4) is 0 Å². The lowest BCUT2D eigenvalue weighted by Gasteiger charge is -2.44. The van der Waals surface area contributed by atoms with Crippen LogP contribution in [0.1, 0.15) is 106 Å². The van der Waals surface area contributed by atoms with E-state index < -0.39 is 5.91 Å². The Labute approximate surface area is 309 Å². The Hall–Kier alpha value is -5.63. The first kappa shape index (κ1) is 29.9. The number of aliphatic imine (C=N–C) groups is 2. The van der Waals surface area contributed by atoms with Gasteiger partial charge in [-0.15, -0.1) is 13.7 Å². The van der Waals surface area contributed by atoms with Crippen molar-refractivity contribution >= 4 is 51.6 Å². The van der Waals surface area contributed by atoms with Crippen LogP contribution in [0.3, 0.4) is 0 Å². The number of nitrogens with one attached hydrogen (secondary N) is 2. The first-order chi connectivity index (χ1) is 25.3. The Balaban J connectivity index is 1.39. The fraction of sp³-hybridized carbons (Fsp3) is 0.311. The zero-order valence-corrected chi connectivity index (χ0v) is 32.6. The summed E-state index contributed by atoms with van der Waals surface area (Å²) in [6.45, 7) is 27.2. The molecule has 2 unspecified atom stereocenters. The largest absolute Gasteiger partial charge is 0.464 e. The second-order valence-electron chi connectivity index (χ2n) is 16.8. The third-order valence-electron chi connectivity index (χ3n) is 14.1. The molecule has 0 fully saturated rings. The van der Waals surface area contributed by atoms with E-state index in [1.165, 1.54) is 111 Å². The Morgan fingerprint density at radius 3 is 1.79 bits per heavy atom. The van der Waals surface area contributed by atoms with Crippen molar-refractivity contribution in [3.05, 3.63) is 124 Å². The van der Waals surface area contributed by atoms with Gasteiger partial charge in [0.05, 0.1) is 27.8 Å². The summed E-state index contributed by atoms with van der Waals surface area (Å²) < 4.78 is 10.3. The summed E-state index contributed by atoms with van der Waals surface area (Å²) in [5, 5.41) is 10.8. The molecule has 12 rings (SSSR count). The summed E-state index contributed by atoms with van der Waals surface area (Å²) >= 11 is 0. The zero-order chi connectivity index (χ0) is 36.6. The Kier molecular flexibility index (Phi) is 4.94. The molecule has 7 aliphatic heterocycles. The average molecular weight is 696 g/mol. The molecule has 2 atom stereocenters. The number of anilines is 1. The first-order valence-electron chi connectivity index (χ1n) is 19.0. The van der Waals surface area contributed by atoms with Crippen LogP contribution in [0.2, 0.25) is 0 Å². The van der Waals surface area contributed by atoms with Gasteiger partial charge in [0, 0.05) is 16.3 Å². The molecule has 0 saturated carbocycles. The lowest BCUT2D eigenvalue weighted by molar-refractivity contribution is -0.998. The van der Waals surface area contributed by atoms with Gasteiger partial charge in [0.25, 0.3) is 5.84 Å². The monoisotopic (exact) mass is 695 g/mol. The Morgan fingerprint density at radius 1 is 0.547 bits per heavy atom. The van der Waals surface area contributed by atoms with Gasteiger partial charge in [-0.1, -0.05) is 29.3 Å².